The van der Waals surface area contributed by atoms with Crippen LogP contribution in [0.25, 0.3) is 0 Å². The van der Waals surface area contributed by atoms with Crippen LogP contribution >= 0.6 is 0 Å². The van der Waals surface area contributed by atoms with Crippen LogP contribution in [0.5, 0.6) is 0 Å². The van der Waals surface area contributed by atoms with Crippen LogP contribution in [0.1, 0.15) is 110 Å². The van der Waals surface area contributed by atoms with E-state index in [2.05, 4.69) is 13.0 Å². The molecule has 1 nitrogen and oxygen atoms in total. The number of rotatable bonds is 6. The molecule has 0 saturated heterocycles. The number of unbranched alkanes of at least 4 members (excludes halogenated alkanes) is 2. The van der Waals surface area contributed by atoms with E-state index in [4.69, 9.17) is 0 Å². The minimum Gasteiger partial charge on any atom is -0.198 e. The van der Waals surface area contributed by atoms with Gasteiger partial charge in [-0.25, -0.2) is 0 Å². The van der Waals surface area contributed by atoms with Crippen molar-refractivity contribution in [3.05, 3.63) is 0 Å². The van der Waals surface area contributed by atoms with Crippen LogP contribution in [0.3, 0.4) is 0 Å². The van der Waals surface area contributed by atoms with Gasteiger partial charge >= 0.3 is 0 Å². The van der Waals surface area contributed by atoms with Gasteiger partial charge in [-0.1, -0.05) is 58.3 Å². The smallest absolute Gasteiger partial charge is 0.0655 e. The lowest BCUT2D eigenvalue weighted by Gasteiger charge is -2.41. The van der Waals surface area contributed by atoms with E-state index in [-0.39, 0.29) is 0 Å². The largest absolute Gasteiger partial charge is 0.198 e. The molecule has 0 N–H and O–H groups in total. The third-order valence-corrected chi connectivity index (χ3v) is 8.15. The molecule has 1 heteroatoms. The highest BCUT2D eigenvalue weighted by Crippen LogP contribution is 2.46. The van der Waals surface area contributed by atoms with Crippen molar-refractivity contribution in [3.8, 4) is 6.07 Å². The summed E-state index contributed by atoms with van der Waals surface area (Å²) in [6.07, 6.45) is 23.0. The van der Waals surface area contributed by atoms with Crippen molar-refractivity contribution in [1.82, 2.24) is 0 Å². The van der Waals surface area contributed by atoms with Crippen molar-refractivity contribution in [1.29, 1.82) is 5.26 Å². The summed E-state index contributed by atoms with van der Waals surface area (Å²) in [6.45, 7) is 2.32. The van der Waals surface area contributed by atoms with Gasteiger partial charge in [0.15, 0.2) is 0 Å². The summed E-state index contributed by atoms with van der Waals surface area (Å²) in [5.74, 6) is 5.37. The van der Waals surface area contributed by atoms with Crippen molar-refractivity contribution in [2.45, 2.75) is 110 Å². The topological polar surface area (TPSA) is 23.8 Å². The SMILES string of the molecule is CCCCC[C@H]1CC[C@H](C2CCC(C3CCCC(C#N)C3)CC2)CC1. The van der Waals surface area contributed by atoms with Gasteiger partial charge in [-0.3, -0.25) is 0 Å². The molecular formula is C24H41N. The lowest BCUT2D eigenvalue weighted by Crippen LogP contribution is -2.30. The van der Waals surface area contributed by atoms with Crippen LogP contribution in [0, 0.1) is 46.8 Å². The summed E-state index contributed by atoms with van der Waals surface area (Å²) in [4.78, 5) is 0. The standard InChI is InChI=1S/C24H41N/c1-2-3-4-6-19-9-11-21(12-10-19)22-13-15-23(16-14-22)24-8-5-7-20(17-24)18-25/h19-24H,2-17H2,1H3/t19-,20?,21-,22?,23?,24?. The molecule has 0 heterocycles. The van der Waals surface area contributed by atoms with Gasteiger partial charge < -0.3 is 0 Å². The summed E-state index contributed by atoms with van der Waals surface area (Å²) in [5.41, 5.74) is 0. The van der Waals surface area contributed by atoms with Gasteiger partial charge in [-0.05, 0) is 81.0 Å². The third-order valence-electron chi connectivity index (χ3n) is 8.15. The van der Waals surface area contributed by atoms with E-state index < -0.39 is 0 Å². The molecule has 25 heavy (non-hydrogen) atoms. The Labute approximate surface area is 157 Å². The molecule has 0 aliphatic heterocycles. The normalized spacial score (nSPS) is 39.7. The highest BCUT2D eigenvalue weighted by molar-refractivity contribution is 4.91. The summed E-state index contributed by atoms with van der Waals surface area (Å²) in [6, 6.07) is 2.56. The summed E-state index contributed by atoms with van der Waals surface area (Å²) in [5, 5.41) is 9.26. The average molecular weight is 344 g/mol. The molecule has 3 fully saturated rings. The molecule has 0 amide bonds. The summed E-state index contributed by atoms with van der Waals surface area (Å²) < 4.78 is 0. The van der Waals surface area contributed by atoms with Gasteiger partial charge in [0.25, 0.3) is 0 Å². The number of nitriles is 1. The highest BCUT2D eigenvalue weighted by atomic mass is 14.4. The maximum Gasteiger partial charge on any atom is 0.0655 e. The minimum atomic E-state index is 0.374. The zero-order valence-electron chi connectivity index (χ0n) is 16.7. The van der Waals surface area contributed by atoms with E-state index in [9.17, 15) is 5.26 Å². The Morgan fingerprint density at radius 1 is 0.720 bits per heavy atom. The number of nitrogens with zero attached hydrogens (tertiary/aromatic N) is 1. The molecule has 0 aromatic carbocycles. The van der Waals surface area contributed by atoms with E-state index >= 15 is 0 Å². The van der Waals surface area contributed by atoms with Gasteiger partial charge in [-0.15, -0.1) is 0 Å². The average Bonchev–Trinajstić information content (AvgIpc) is 2.69. The van der Waals surface area contributed by atoms with Crippen molar-refractivity contribution in [2.75, 3.05) is 0 Å². The highest BCUT2D eigenvalue weighted by Gasteiger charge is 2.34. The lowest BCUT2D eigenvalue weighted by atomic mass is 9.64. The molecule has 3 saturated carbocycles. The third kappa shape index (κ3) is 5.48. The van der Waals surface area contributed by atoms with Crippen molar-refractivity contribution < 1.29 is 0 Å². The first-order chi connectivity index (χ1) is 12.3. The Balaban J connectivity index is 1.36. The summed E-state index contributed by atoms with van der Waals surface area (Å²) >= 11 is 0. The van der Waals surface area contributed by atoms with E-state index in [0.717, 1.165) is 29.6 Å². The molecule has 2 atom stereocenters. The molecule has 142 valence electrons. The molecule has 3 aliphatic carbocycles. The van der Waals surface area contributed by atoms with Gasteiger partial charge in [-0.2, -0.15) is 5.26 Å². The van der Waals surface area contributed by atoms with Crippen molar-refractivity contribution in [3.63, 3.8) is 0 Å². The fraction of sp³-hybridized carbons (Fsp3) is 0.958. The zero-order chi connectivity index (χ0) is 17.5. The lowest BCUT2D eigenvalue weighted by molar-refractivity contribution is 0.106. The van der Waals surface area contributed by atoms with Crippen LogP contribution in [0.15, 0.2) is 0 Å². The second-order valence-corrected chi connectivity index (χ2v) is 9.70. The first-order valence-electron chi connectivity index (χ1n) is 11.7. The maximum absolute atomic E-state index is 9.26. The molecule has 0 spiro atoms. The molecule has 0 aromatic heterocycles. The Hall–Kier alpha value is -0.510. The predicted molar refractivity (Wildman–Crippen MR) is 106 cm³/mol. The monoisotopic (exact) mass is 343 g/mol. The molecule has 0 bridgehead atoms. The molecule has 3 aliphatic rings. The van der Waals surface area contributed by atoms with Gasteiger partial charge in [0.05, 0.1) is 6.07 Å². The Bertz CT molecular complexity index is 406. The molecule has 2 unspecified atom stereocenters. The fourth-order valence-corrected chi connectivity index (χ4v) is 6.49. The zero-order valence-corrected chi connectivity index (χ0v) is 16.7. The second kappa shape index (κ2) is 9.99. The van der Waals surface area contributed by atoms with Crippen molar-refractivity contribution >= 4 is 0 Å². The van der Waals surface area contributed by atoms with E-state index in [1.165, 1.54) is 103 Å². The van der Waals surface area contributed by atoms with Crippen LogP contribution in [0.4, 0.5) is 0 Å². The van der Waals surface area contributed by atoms with Crippen LogP contribution in [-0.2, 0) is 0 Å². The van der Waals surface area contributed by atoms with Crippen LogP contribution in [0.2, 0.25) is 0 Å². The molecule has 0 aromatic rings. The van der Waals surface area contributed by atoms with Gasteiger partial charge in [0, 0.05) is 5.92 Å². The molecular weight excluding hydrogens is 302 g/mol. The van der Waals surface area contributed by atoms with E-state index in [1.54, 1.807) is 0 Å². The van der Waals surface area contributed by atoms with Crippen LogP contribution < -0.4 is 0 Å². The fourth-order valence-electron chi connectivity index (χ4n) is 6.49. The van der Waals surface area contributed by atoms with Crippen molar-refractivity contribution in [2.24, 2.45) is 35.5 Å². The summed E-state index contributed by atoms with van der Waals surface area (Å²) in [7, 11) is 0. The predicted octanol–water partition coefficient (Wildman–Crippen LogP) is 7.51. The minimum absolute atomic E-state index is 0.374. The van der Waals surface area contributed by atoms with Crippen LogP contribution in [-0.4, -0.2) is 0 Å². The maximum atomic E-state index is 9.26. The Kier molecular flexibility index (Phi) is 7.69. The van der Waals surface area contributed by atoms with Gasteiger partial charge in [0.2, 0.25) is 0 Å². The number of hydrogen-bond acceptors (Lipinski definition) is 1. The molecule has 0 radical (unpaired) electrons. The number of hydrogen-bond donors (Lipinski definition) is 0. The Morgan fingerprint density at radius 2 is 1.32 bits per heavy atom. The van der Waals surface area contributed by atoms with E-state index in [0.29, 0.717) is 5.92 Å². The quantitative estimate of drug-likeness (QED) is 0.458. The Morgan fingerprint density at radius 3 is 1.92 bits per heavy atom. The van der Waals surface area contributed by atoms with Gasteiger partial charge in [0.1, 0.15) is 0 Å². The second-order valence-electron chi connectivity index (χ2n) is 9.70. The first kappa shape index (κ1) is 19.3. The molecule has 3 rings (SSSR count). The first-order valence-corrected chi connectivity index (χ1v) is 11.7. The van der Waals surface area contributed by atoms with E-state index in [1.807, 2.05) is 0 Å².